The monoisotopic (exact) mass is 262 g/mol. The van der Waals surface area contributed by atoms with Crippen LogP contribution in [0, 0.1) is 0 Å². The molecule has 0 atom stereocenters. The Kier molecular flexibility index (Phi) is 7.99. The molecule has 0 bridgehead atoms. The highest BCUT2D eigenvalue weighted by Gasteiger charge is 1.99. The van der Waals surface area contributed by atoms with Crippen LogP contribution in [0.1, 0.15) is 18.4 Å². The summed E-state index contributed by atoms with van der Waals surface area (Å²) in [5.41, 5.74) is 6.35. The molecule has 0 spiro atoms. The van der Waals surface area contributed by atoms with E-state index in [2.05, 4.69) is 5.32 Å². The fourth-order valence-corrected chi connectivity index (χ4v) is 1.28. The van der Waals surface area contributed by atoms with Crippen LogP contribution in [0.15, 0.2) is 24.3 Å². The van der Waals surface area contributed by atoms with Crippen LogP contribution in [0.3, 0.4) is 0 Å². The number of hydrogen-bond donors (Lipinski definition) is 2. The summed E-state index contributed by atoms with van der Waals surface area (Å²) in [6.07, 6.45) is 1.22. The normalized spacial score (nSPS) is 9.38. The third-order valence-electron chi connectivity index (χ3n) is 2.01. The summed E-state index contributed by atoms with van der Waals surface area (Å²) in [7, 11) is 0. The third kappa shape index (κ3) is 5.95. The van der Waals surface area contributed by atoms with Crippen molar-refractivity contribution in [1.82, 2.24) is 5.32 Å². The Morgan fingerprint density at radius 3 is 2.50 bits per heavy atom. The predicted molar refractivity (Wildman–Crippen MR) is 68.8 cm³/mol. The number of carbonyl (C=O) groups is 1. The molecular formula is C11H16Cl2N2O. The van der Waals surface area contributed by atoms with Gasteiger partial charge >= 0.3 is 0 Å². The Labute approximate surface area is 107 Å². The Hall–Kier alpha value is -0.770. The summed E-state index contributed by atoms with van der Waals surface area (Å²) >= 11 is 5.74. The van der Waals surface area contributed by atoms with Gasteiger partial charge in [-0.1, -0.05) is 23.7 Å². The average molecular weight is 263 g/mol. The van der Waals surface area contributed by atoms with Crippen LogP contribution in [-0.2, 0) is 11.3 Å². The van der Waals surface area contributed by atoms with Crippen LogP contribution < -0.4 is 11.1 Å². The molecule has 1 aromatic rings. The van der Waals surface area contributed by atoms with E-state index < -0.39 is 0 Å². The molecule has 0 aliphatic rings. The van der Waals surface area contributed by atoms with Crippen LogP contribution in [0.25, 0.3) is 0 Å². The van der Waals surface area contributed by atoms with Gasteiger partial charge in [-0.25, -0.2) is 0 Å². The number of nitrogens with one attached hydrogen (secondary N) is 1. The van der Waals surface area contributed by atoms with Crippen molar-refractivity contribution in [3.05, 3.63) is 34.9 Å². The fraction of sp³-hybridized carbons (Fsp3) is 0.364. The van der Waals surface area contributed by atoms with Crippen LogP contribution in [0.5, 0.6) is 0 Å². The smallest absolute Gasteiger partial charge is 0.220 e. The van der Waals surface area contributed by atoms with E-state index in [9.17, 15) is 4.79 Å². The van der Waals surface area contributed by atoms with Gasteiger partial charge in [-0.2, -0.15) is 0 Å². The lowest BCUT2D eigenvalue weighted by molar-refractivity contribution is -0.121. The second-order valence-corrected chi connectivity index (χ2v) is 3.73. The molecule has 0 aliphatic carbocycles. The van der Waals surface area contributed by atoms with E-state index in [0.717, 1.165) is 12.0 Å². The van der Waals surface area contributed by atoms with Gasteiger partial charge in [0, 0.05) is 18.0 Å². The van der Waals surface area contributed by atoms with Crippen molar-refractivity contribution in [3.63, 3.8) is 0 Å². The molecule has 1 aromatic carbocycles. The molecule has 90 valence electrons. The number of rotatable bonds is 5. The van der Waals surface area contributed by atoms with E-state index in [1.54, 1.807) is 0 Å². The summed E-state index contributed by atoms with van der Waals surface area (Å²) in [5.74, 6) is 0.0374. The maximum atomic E-state index is 11.2. The molecule has 1 rings (SSSR count). The van der Waals surface area contributed by atoms with Crippen molar-refractivity contribution in [1.29, 1.82) is 0 Å². The third-order valence-corrected chi connectivity index (χ3v) is 2.26. The van der Waals surface area contributed by atoms with Gasteiger partial charge in [0.05, 0.1) is 0 Å². The first-order chi connectivity index (χ1) is 7.22. The van der Waals surface area contributed by atoms with Crippen molar-refractivity contribution < 1.29 is 4.79 Å². The van der Waals surface area contributed by atoms with Crippen LogP contribution in [-0.4, -0.2) is 12.5 Å². The number of hydrogen-bond acceptors (Lipinski definition) is 2. The molecule has 0 heterocycles. The highest BCUT2D eigenvalue weighted by molar-refractivity contribution is 6.30. The number of carbonyl (C=O) groups excluding carboxylic acids is 1. The van der Waals surface area contributed by atoms with Crippen LogP contribution in [0.4, 0.5) is 0 Å². The van der Waals surface area contributed by atoms with Crippen molar-refractivity contribution in [2.75, 3.05) is 6.54 Å². The molecule has 0 unspecified atom stereocenters. The van der Waals surface area contributed by atoms with Crippen molar-refractivity contribution in [3.8, 4) is 0 Å². The minimum Gasteiger partial charge on any atom is -0.352 e. The lowest BCUT2D eigenvalue weighted by Crippen LogP contribution is -2.23. The molecule has 0 saturated heterocycles. The van der Waals surface area contributed by atoms with Crippen molar-refractivity contribution >= 4 is 29.9 Å². The molecule has 0 fully saturated rings. The molecular weight excluding hydrogens is 247 g/mol. The molecule has 0 aliphatic heterocycles. The highest BCUT2D eigenvalue weighted by Crippen LogP contribution is 2.09. The Morgan fingerprint density at radius 2 is 1.94 bits per heavy atom. The first-order valence-electron chi connectivity index (χ1n) is 4.93. The minimum atomic E-state index is 0. The van der Waals surface area contributed by atoms with Gasteiger partial charge in [-0.3, -0.25) is 4.79 Å². The molecule has 0 saturated carbocycles. The van der Waals surface area contributed by atoms with E-state index in [0.29, 0.717) is 24.5 Å². The van der Waals surface area contributed by atoms with Gasteiger partial charge in [0.25, 0.3) is 0 Å². The van der Waals surface area contributed by atoms with Gasteiger partial charge in [0.2, 0.25) is 5.91 Å². The Bertz CT molecular complexity index is 314. The Balaban J connectivity index is 0.00000225. The summed E-state index contributed by atoms with van der Waals surface area (Å²) < 4.78 is 0. The van der Waals surface area contributed by atoms with Crippen molar-refractivity contribution in [2.45, 2.75) is 19.4 Å². The first kappa shape index (κ1) is 15.2. The molecule has 5 heteroatoms. The number of amides is 1. The molecule has 3 N–H and O–H groups in total. The Morgan fingerprint density at radius 1 is 1.31 bits per heavy atom. The van der Waals surface area contributed by atoms with E-state index in [1.807, 2.05) is 24.3 Å². The topological polar surface area (TPSA) is 55.1 Å². The highest BCUT2D eigenvalue weighted by atomic mass is 35.5. The predicted octanol–water partition coefficient (Wildman–Crippen LogP) is 2.12. The molecule has 0 aromatic heterocycles. The van der Waals surface area contributed by atoms with Gasteiger partial charge in [-0.05, 0) is 30.7 Å². The molecule has 16 heavy (non-hydrogen) atoms. The quantitative estimate of drug-likeness (QED) is 0.854. The fourth-order valence-electron chi connectivity index (χ4n) is 1.15. The van der Waals surface area contributed by atoms with Crippen LogP contribution >= 0.6 is 24.0 Å². The first-order valence-corrected chi connectivity index (χ1v) is 5.31. The second kappa shape index (κ2) is 8.39. The maximum absolute atomic E-state index is 11.2. The minimum absolute atomic E-state index is 0. The maximum Gasteiger partial charge on any atom is 0.220 e. The van der Waals surface area contributed by atoms with Crippen LogP contribution in [0.2, 0.25) is 5.02 Å². The summed E-state index contributed by atoms with van der Waals surface area (Å²) in [6, 6.07) is 7.41. The van der Waals surface area contributed by atoms with E-state index in [1.165, 1.54) is 0 Å². The molecule has 0 radical (unpaired) electrons. The lowest BCUT2D eigenvalue weighted by atomic mass is 10.2. The largest absolute Gasteiger partial charge is 0.352 e. The lowest BCUT2D eigenvalue weighted by Gasteiger charge is -2.04. The van der Waals surface area contributed by atoms with Gasteiger partial charge in [0.15, 0.2) is 0 Å². The van der Waals surface area contributed by atoms with Gasteiger partial charge in [-0.15, -0.1) is 12.4 Å². The summed E-state index contributed by atoms with van der Waals surface area (Å²) in [6.45, 7) is 1.09. The van der Waals surface area contributed by atoms with E-state index in [4.69, 9.17) is 17.3 Å². The summed E-state index contributed by atoms with van der Waals surface area (Å²) in [4.78, 5) is 11.2. The zero-order valence-electron chi connectivity index (χ0n) is 8.91. The van der Waals surface area contributed by atoms with Gasteiger partial charge in [0.1, 0.15) is 0 Å². The second-order valence-electron chi connectivity index (χ2n) is 3.30. The standard InChI is InChI=1S/C11H15ClN2O.ClH/c12-10-5-3-9(4-6-10)8-14-11(15)2-1-7-13;/h3-6H,1-2,7-8,13H2,(H,14,15);1H. The zero-order chi connectivity index (χ0) is 11.1. The van der Waals surface area contributed by atoms with E-state index >= 15 is 0 Å². The summed E-state index contributed by atoms with van der Waals surface area (Å²) in [5, 5.41) is 3.52. The van der Waals surface area contributed by atoms with Crippen molar-refractivity contribution in [2.24, 2.45) is 5.73 Å². The SMILES string of the molecule is Cl.NCCCC(=O)NCc1ccc(Cl)cc1. The van der Waals surface area contributed by atoms with Gasteiger partial charge < -0.3 is 11.1 Å². The zero-order valence-corrected chi connectivity index (χ0v) is 10.5. The van der Waals surface area contributed by atoms with E-state index in [-0.39, 0.29) is 18.3 Å². The number of nitrogens with two attached hydrogens (primary N) is 1. The number of benzene rings is 1. The molecule has 3 nitrogen and oxygen atoms in total. The molecule has 1 amide bonds. The number of halogens is 2. The average Bonchev–Trinajstić information content (AvgIpc) is 2.25.